The quantitative estimate of drug-likeness (QED) is 0.834. The summed E-state index contributed by atoms with van der Waals surface area (Å²) in [5.41, 5.74) is 0.584. The third kappa shape index (κ3) is 2.38. The molecule has 5 nitrogen and oxygen atoms in total. The predicted molar refractivity (Wildman–Crippen MR) is 76.9 cm³/mol. The minimum Gasteiger partial charge on any atom is -0.465 e. The van der Waals surface area contributed by atoms with Crippen LogP contribution in [0.4, 0.5) is 5.82 Å². The van der Waals surface area contributed by atoms with Crippen molar-refractivity contribution in [3.63, 3.8) is 0 Å². The number of ether oxygens (including phenoxy) is 1. The van der Waals surface area contributed by atoms with Crippen molar-refractivity contribution in [1.29, 1.82) is 0 Å². The summed E-state index contributed by atoms with van der Waals surface area (Å²) in [5, 5.41) is 3.33. The first kappa shape index (κ1) is 13.4. The number of rotatable bonds is 4. The molecule has 0 spiro atoms. The van der Waals surface area contributed by atoms with Crippen molar-refractivity contribution in [3.05, 3.63) is 23.9 Å². The van der Waals surface area contributed by atoms with Gasteiger partial charge in [0, 0.05) is 32.4 Å². The van der Waals surface area contributed by atoms with E-state index in [0.29, 0.717) is 6.61 Å². The first-order valence-electron chi connectivity index (χ1n) is 7.36. The SMILES string of the molecule is CCOC(=O)C1(c2ccc(N3CCNCC3)nc2)CC1. The van der Waals surface area contributed by atoms with Crippen LogP contribution in [-0.4, -0.2) is 43.7 Å². The normalized spacial score (nSPS) is 20.6. The molecule has 1 N–H and O–H groups in total. The second kappa shape index (κ2) is 5.40. The summed E-state index contributed by atoms with van der Waals surface area (Å²) in [6.45, 7) is 6.24. The molecule has 1 aromatic heterocycles. The predicted octanol–water partition coefficient (Wildman–Crippen LogP) is 1.09. The number of esters is 1. The van der Waals surface area contributed by atoms with Gasteiger partial charge < -0.3 is 15.0 Å². The largest absolute Gasteiger partial charge is 0.465 e. The Kier molecular flexibility index (Phi) is 3.61. The van der Waals surface area contributed by atoms with Crippen LogP contribution in [0.1, 0.15) is 25.3 Å². The lowest BCUT2D eigenvalue weighted by Gasteiger charge is -2.28. The number of carbonyl (C=O) groups is 1. The Balaban J connectivity index is 1.74. The van der Waals surface area contributed by atoms with E-state index in [1.807, 2.05) is 25.3 Å². The first-order chi connectivity index (χ1) is 9.76. The average Bonchev–Trinajstić information content (AvgIpc) is 3.30. The van der Waals surface area contributed by atoms with Crippen molar-refractivity contribution < 1.29 is 9.53 Å². The van der Waals surface area contributed by atoms with E-state index >= 15 is 0 Å². The Hall–Kier alpha value is -1.62. The minimum absolute atomic E-state index is 0.100. The maximum absolute atomic E-state index is 12.0. The summed E-state index contributed by atoms with van der Waals surface area (Å²) in [4.78, 5) is 18.9. The number of hydrogen-bond acceptors (Lipinski definition) is 5. The summed E-state index contributed by atoms with van der Waals surface area (Å²) in [6.07, 6.45) is 3.60. The van der Waals surface area contributed by atoms with Gasteiger partial charge in [-0.25, -0.2) is 4.98 Å². The van der Waals surface area contributed by atoms with Crippen LogP contribution >= 0.6 is 0 Å². The summed E-state index contributed by atoms with van der Waals surface area (Å²) in [7, 11) is 0. The van der Waals surface area contributed by atoms with E-state index in [-0.39, 0.29) is 5.97 Å². The van der Waals surface area contributed by atoms with Gasteiger partial charge in [-0.15, -0.1) is 0 Å². The highest BCUT2D eigenvalue weighted by Gasteiger charge is 2.53. The van der Waals surface area contributed by atoms with Gasteiger partial charge in [0.25, 0.3) is 0 Å². The van der Waals surface area contributed by atoms with E-state index in [0.717, 1.165) is 50.4 Å². The molecule has 3 rings (SSSR count). The van der Waals surface area contributed by atoms with Crippen LogP contribution in [0.2, 0.25) is 0 Å². The van der Waals surface area contributed by atoms with E-state index in [1.165, 1.54) is 0 Å². The van der Waals surface area contributed by atoms with Crippen molar-refractivity contribution in [2.45, 2.75) is 25.2 Å². The summed E-state index contributed by atoms with van der Waals surface area (Å²) in [6, 6.07) is 4.06. The van der Waals surface area contributed by atoms with Crippen LogP contribution < -0.4 is 10.2 Å². The lowest BCUT2D eigenvalue weighted by atomic mass is 9.98. The van der Waals surface area contributed by atoms with E-state index in [2.05, 4.69) is 15.2 Å². The summed E-state index contributed by atoms with van der Waals surface area (Å²) < 4.78 is 5.18. The van der Waals surface area contributed by atoms with Crippen LogP contribution in [-0.2, 0) is 14.9 Å². The number of aromatic nitrogens is 1. The van der Waals surface area contributed by atoms with Crippen LogP contribution in [0.3, 0.4) is 0 Å². The highest BCUT2D eigenvalue weighted by molar-refractivity contribution is 5.86. The molecule has 1 aliphatic carbocycles. The number of pyridine rings is 1. The first-order valence-corrected chi connectivity index (χ1v) is 7.36. The maximum atomic E-state index is 12.0. The monoisotopic (exact) mass is 275 g/mol. The second-order valence-electron chi connectivity index (χ2n) is 5.44. The number of piperazine rings is 1. The van der Waals surface area contributed by atoms with Crippen LogP contribution in [0.25, 0.3) is 0 Å². The molecule has 2 fully saturated rings. The van der Waals surface area contributed by atoms with E-state index in [4.69, 9.17) is 4.74 Å². The number of carbonyl (C=O) groups excluding carboxylic acids is 1. The minimum atomic E-state index is -0.412. The van der Waals surface area contributed by atoms with E-state index in [1.54, 1.807) is 0 Å². The summed E-state index contributed by atoms with van der Waals surface area (Å²) >= 11 is 0. The smallest absolute Gasteiger partial charge is 0.316 e. The van der Waals surface area contributed by atoms with Crippen LogP contribution in [0.5, 0.6) is 0 Å². The molecule has 2 heterocycles. The second-order valence-corrected chi connectivity index (χ2v) is 5.44. The number of nitrogens with zero attached hydrogens (tertiary/aromatic N) is 2. The molecular formula is C15H21N3O2. The standard InChI is InChI=1S/C15H21N3O2/c1-2-20-14(19)15(5-6-15)12-3-4-13(17-11-12)18-9-7-16-8-10-18/h3-4,11,16H,2,5-10H2,1H3. The molecule has 0 radical (unpaired) electrons. The Morgan fingerprint density at radius 3 is 2.70 bits per heavy atom. The fourth-order valence-electron chi connectivity index (χ4n) is 2.76. The molecule has 1 saturated carbocycles. The van der Waals surface area contributed by atoms with Crippen LogP contribution in [0.15, 0.2) is 18.3 Å². The highest BCUT2D eigenvalue weighted by Crippen LogP contribution is 2.49. The third-order valence-electron chi connectivity index (χ3n) is 4.16. The molecule has 0 aromatic carbocycles. The molecule has 0 amide bonds. The van der Waals surface area contributed by atoms with Crippen molar-refractivity contribution >= 4 is 11.8 Å². The Morgan fingerprint density at radius 1 is 1.40 bits per heavy atom. The molecule has 108 valence electrons. The van der Waals surface area contributed by atoms with Gasteiger partial charge in [0.1, 0.15) is 5.82 Å². The van der Waals surface area contributed by atoms with Crippen molar-refractivity contribution in [2.24, 2.45) is 0 Å². The van der Waals surface area contributed by atoms with Gasteiger partial charge in [-0.2, -0.15) is 0 Å². The highest BCUT2D eigenvalue weighted by atomic mass is 16.5. The molecule has 0 bridgehead atoms. The number of hydrogen-bond donors (Lipinski definition) is 1. The molecular weight excluding hydrogens is 254 g/mol. The fraction of sp³-hybridized carbons (Fsp3) is 0.600. The van der Waals surface area contributed by atoms with Gasteiger partial charge in [-0.3, -0.25) is 4.79 Å². The molecule has 0 unspecified atom stereocenters. The lowest BCUT2D eigenvalue weighted by Crippen LogP contribution is -2.43. The zero-order chi connectivity index (χ0) is 14.0. The zero-order valence-electron chi connectivity index (χ0n) is 11.9. The fourth-order valence-corrected chi connectivity index (χ4v) is 2.76. The topological polar surface area (TPSA) is 54.5 Å². The Bertz CT molecular complexity index is 476. The Labute approximate surface area is 119 Å². The molecule has 20 heavy (non-hydrogen) atoms. The zero-order valence-corrected chi connectivity index (χ0v) is 11.9. The van der Waals surface area contributed by atoms with Crippen molar-refractivity contribution in [1.82, 2.24) is 10.3 Å². The molecule has 1 aromatic rings. The molecule has 1 saturated heterocycles. The average molecular weight is 275 g/mol. The summed E-state index contributed by atoms with van der Waals surface area (Å²) in [5.74, 6) is 0.895. The molecule has 0 atom stereocenters. The number of anilines is 1. The van der Waals surface area contributed by atoms with Gasteiger partial charge in [-0.1, -0.05) is 6.07 Å². The van der Waals surface area contributed by atoms with Gasteiger partial charge in [-0.05, 0) is 31.4 Å². The molecule has 2 aliphatic rings. The van der Waals surface area contributed by atoms with Crippen molar-refractivity contribution in [3.8, 4) is 0 Å². The number of nitrogens with one attached hydrogen (secondary N) is 1. The maximum Gasteiger partial charge on any atom is 0.316 e. The van der Waals surface area contributed by atoms with Gasteiger partial charge in [0.05, 0.1) is 12.0 Å². The lowest BCUT2D eigenvalue weighted by molar-refractivity contribution is -0.146. The molecule has 5 heteroatoms. The Morgan fingerprint density at radius 2 is 2.15 bits per heavy atom. The van der Waals surface area contributed by atoms with Crippen LogP contribution in [0, 0.1) is 0 Å². The molecule has 1 aliphatic heterocycles. The van der Waals surface area contributed by atoms with Gasteiger partial charge in [0.15, 0.2) is 0 Å². The van der Waals surface area contributed by atoms with E-state index < -0.39 is 5.41 Å². The van der Waals surface area contributed by atoms with Gasteiger partial charge >= 0.3 is 5.97 Å². The van der Waals surface area contributed by atoms with Gasteiger partial charge in [0.2, 0.25) is 0 Å². The van der Waals surface area contributed by atoms with E-state index in [9.17, 15) is 4.79 Å². The third-order valence-corrected chi connectivity index (χ3v) is 4.16. The van der Waals surface area contributed by atoms with Crippen molar-refractivity contribution in [2.75, 3.05) is 37.7 Å².